The molecule has 7 nitrogen and oxygen atoms in total. The summed E-state index contributed by atoms with van der Waals surface area (Å²) in [5.74, 6) is -0.467. The molecule has 0 bridgehead atoms. The lowest BCUT2D eigenvalue weighted by molar-refractivity contribution is -0.114. The van der Waals surface area contributed by atoms with Crippen LogP contribution in [0.15, 0.2) is 78.1 Å². The van der Waals surface area contributed by atoms with Crippen LogP contribution in [-0.2, 0) is 11.3 Å². The Labute approximate surface area is 183 Å². The topological polar surface area (TPSA) is 103 Å². The Morgan fingerprint density at radius 3 is 2.32 bits per heavy atom. The van der Waals surface area contributed by atoms with E-state index in [1.54, 1.807) is 6.20 Å². The minimum absolute atomic E-state index is 0.162. The molecular formula is C24H30N6O. The molecule has 1 amide bonds. The van der Waals surface area contributed by atoms with E-state index in [0.29, 0.717) is 18.2 Å². The van der Waals surface area contributed by atoms with E-state index in [2.05, 4.69) is 50.8 Å². The number of amides is 1. The Morgan fingerprint density at radius 1 is 0.968 bits per heavy atom. The number of piperidine rings is 1. The summed E-state index contributed by atoms with van der Waals surface area (Å²) in [6, 6.07) is 18.9. The van der Waals surface area contributed by atoms with Crippen LogP contribution in [0.25, 0.3) is 0 Å². The van der Waals surface area contributed by atoms with Gasteiger partial charge in [0, 0.05) is 35.9 Å². The fourth-order valence-electron chi connectivity index (χ4n) is 3.83. The molecule has 0 aromatic heterocycles. The van der Waals surface area contributed by atoms with Crippen molar-refractivity contribution in [2.24, 2.45) is 5.73 Å². The van der Waals surface area contributed by atoms with Crippen LogP contribution in [0.4, 0.5) is 11.4 Å². The van der Waals surface area contributed by atoms with Crippen LogP contribution in [0.1, 0.15) is 18.4 Å². The maximum Gasteiger partial charge on any atom is 0.252 e. The summed E-state index contributed by atoms with van der Waals surface area (Å²) in [6.07, 6.45) is 5.74. The van der Waals surface area contributed by atoms with Crippen molar-refractivity contribution in [1.29, 1.82) is 0 Å². The zero-order valence-corrected chi connectivity index (χ0v) is 17.5. The summed E-state index contributed by atoms with van der Waals surface area (Å²) in [4.78, 5) is 11.8. The van der Waals surface area contributed by atoms with Gasteiger partial charge in [-0.3, -0.25) is 4.79 Å². The van der Waals surface area contributed by atoms with Gasteiger partial charge >= 0.3 is 0 Å². The van der Waals surface area contributed by atoms with Gasteiger partial charge in [0.05, 0.1) is 5.57 Å². The molecule has 2 aliphatic rings. The summed E-state index contributed by atoms with van der Waals surface area (Å²) in [5, 5.41) is 17.0. The number of anilines is 2. The second kappa shape index (κ2) is 10.0. The molecule has 7 N–H and O–H groups in total. The predicted octanol–water partition coefficient (Wildman–Crippen LogP) is 2.23. The van der Waals surface area contributed by atoms with Crippen molar-refractivity contribution in [3.63, 3.8) is 0 Å². The normalized spacial score (nSPS) is 18.9. The van der Waals surface area contributed by atoms with Crippen molar-refractivity contribution >= 4 is 17.3 Å². The van der Waals surface area contributed by atoms with Crippen LogP contribution >= 0.6 is 0 Å². The van der Waals surface area contributed by atoms with E-state index in [1.807, 2.05) is 36.4 Å². The van der Waals surface area contributed by atoms with E-state index in [9.17, 15) is 4.79 Å². The molecule has 1 saturated heterocycles. The summed E-state index contributed by atoms with van der Waals surface area (Å²) >= 11 is 0. The van der Waals surface area contributed by atoms with Crippen LogP contribution in [0, 0.1) is 0 Å². The molecule has 2 aliphatic heterocycles. The minimum Gasteiger partial charge on any atom is -0.382 e. The van der Waals surface area contributed by atoms with Crippen molar-refractivity contribution in [3.8, 4) is 0 Å². The lowest BCUT2D eigenvalue weighted by Crippen LogP contribution is -2.38. The van der Waals surface area contributed by atoms with Crippen LogP contribution < -0.4 is 32.3 Å². The molecule has 2 aromatic rings. The van der Waals surface area contributed by atoms with E-state index in [-0.39, 0.29) is 6.17 Å². The first kappa shape index (κ1) is 20.8. The van der Waals surface area contributed by atoms with Crippen molar-refractivity contribution in [2.45, 2.75) is 31.6 Å². The molecule has 1 unspecified atom stereocenters. The quantitative estimate of drug-likeness (QED) is 0.393. The number of hydrogen-bond donors (Lipinski definition) is 6. The van der Waals surface area contributed by atoms with Crippen molar-refractivity contribution < 1.29 is 4.79 Å². The average Bonchev–Trinajstić information content (AvgIpc) is 2.80. The van der Waals surface area contributed by atoms with E-state index in [4.69, 9.17) is 5.73 Å². The number of carbonyl (C=O) groups is 1. The molecule has 7 heteroatoms. The predicted molar refractivity (Wildman–Crippen MR) is 125 cm³/mol. The van der Waals surface area contributed by atoms with Crippen LogP contribution in [0.3, 0.4) is 0 Å². The van der Waals surface area contributed by atoms with Crippen molar-refractivity contribution in [3.05, 3.63) is 83.7 Å². The molecule has 0 spiro atoms. The van der Waals surface area contributed by atoms with Crippen LogP contribution in [-0.4, -0.2) is 31.2 Å². The molecule has 2 heterocycles. The van der Waals surface area contributed by atoms with E-state index >= 15 is 0 Å². The van der Waals surface area contributed by atoms with Gasteiger partial charge in [-0.15, -0.1) is 0 Å². The number of rotatable bonds is 8. The van der Waals surface area contributed by atoms with E-state index < -0.39 is 5.91 Å². The zero-order valence-electron chi connectivity index (χ0n) is 17.5. The van der Waals surface area contributed by atoms with Crippen LogP contribution in [0.2, 0.25) is 0 Å². The largest absolute Gasteiger partial charge is 0.382 e. The lowest BCUT2D eigenvalue weighted by Gasteiger charge is -2.26. The van der Waals surface area contributed by atoms with Gasteiger partial charge in [-0.05, 0) is 61.8 Å². The van der Waals surface area contributed by atoms with Gasteiger partial charge in [0.1, 0.15) is 6.17 Å². The van der Waals surface area contributed by atoms with Gasteiger partial charge in [-0.2, -0.15) is 0 Å². The number of dihydropyridines is 1. The Hall–Kier alpha value is -3.45. The third-order valence-corrected chi connectivity index (χ3v) is 5.54. The molecule has 0 radical (unpaired) electrons. The first-order valence-corrected chi connectivity index (χ1v) is 10.8. The summed E-state index contributed by atoms with van der Waals surface area (Å²) in [6.45, 7) is 2.75. The van der Waals surface area contributed by atoms with Gasteiger partial charge in [-0.1, -0.05) is 30.3 Å². The van der Waals surface area contributed by atoms with Crippen LogP contribution in [0.5, 0.6) is 0 Å². The second-order valence-corrected chi connectivity index (χ2v) is 7.88. The second-order valence-electron chi connectivity index (χ2n) is 7.88. The van der Waals surface area contributed by atoms with E-state index in [1.165, 1.54) is 0 Å². The number of hydrogen-bond acceptors (Lipinski definition) is 6. The highest BCUT2D eigenvalue weighted by Gasteiger charge is 2.19. The van der Waals surface area contributed by atoms with Gasteiger partial charge in [0.2, 0.25) is 0 Å². The van der Waals surface area contributed by atoms with Crippen molar-refractivity contribution in [2.75, 3.05) is 23.7 Å². The Balaban J connectivity index is 1.38. The van der Waals surface area contributed by atoms with Gasteiger partial charge in [0.15, 0.2) is 0 Å². The molecule has 0 saturated carbocycles. The standard InChI is InChI=1S/C24H30N6O/c25-24(31)21-16-28-23(14-22(21)27-15-17-4-2-1-3-5-17)30-19-8-6-18(7-9-19)29-20-10-12-26-13-11-20/h1-9,14,16,20,23,26-30H,10-13,15H2,(H2,25,31). The molecular weight excluding hydrogens is 388 g/mol. The Kier molecular flexibility index (Phi) is 6.74. The highest BCUT2D eigenvalue weighted by Crippen LogP contribution is 2.19. The Morgan fingerprint density at radius 2 is 1.65 bits per heavy atom. The summed E-state index contributed by atoms with van der Waals surface area (Å²) in [5.41, 5.74) is 9.97. The molecule has 1 atom stereocenters. The minimum atomic E-state index is -0.467. The number of carbonyl (C=O) groups excluding carboxylic acids is 1. The number of nitrogens with one attached hydrogen (secondary N) is 5. The fraction of sp³-hybridized carbons (Fsp3) is 0.292. The molecule has 0 aliphatic carbocycles. The average molecular weight is 419 g/mol. The smallest absolute Gasteiger partial charge is 0.252 e. The summed E-state index contributed by atoms with van der Waals surface area (Å²) in [7, 11) is 0. The highest BCUT2D eigenvalue weighted by atomic mass is 16.1. The monoisotopic (exact) mass is 418 g/mol. The maximum absolute atomic E-state index is 11.8. The van der Waals surface area contributed by atoms with Crippen molar-refractivity contribution in [1.82, 2.24) is 16.0 Å². The van der Waals surface area contributed by atoms with Gasteiger partial charge in [0.25, 0.3) is 5.91 Å². The molecule has 162 valence electrons. The molecule has 4 rings (SSSR count). The maximum atomic E-state index is 11.8. The first-order valence-electron chi connectivity index (χ1n) is 10.8. The summed E-state index contributed by atoms with van der Waals surface area (Å²) < 4.78 is 0. The number of nitrogens with two attached hydrogens (primary N) is 1. The number of primary amides is 1. The fourth-order valence-corrected chi connectivity index (χ4v) is 3.83. The first-order chi connectivity index (χ1) is 15.2. The highest BCUT2D eigenvalue weighted by molar-refractivity contribution is 5.96. The lowest BCUT2D eigenvalue weighted by atomic mass is 10.1. The zero-order chi connectivity index (χ0) is 21.5. The molecule has 2 aromatic carbocycles. The number of benzene rings is 2. The Bertz CT molecular complexity index is 932. The van der Waals surface area contributed by atoms with Gasteiger partial charge < -0.3 is 32.3 Å². The third-order valence-electron chi connectivity index (χ3n) is 5.54. The molecule has 1 fully saturated rings. The SMILES string of the molecule is NC(=O)C1=CNC(Nc2ccc(NC3CCNCC3)cc2)C=C1NCc1ccccc1. The van der Waals surface area contributed by atoms with Gasteiger partial charge in [-0.25, -0.2) is 0 Å². The molecule has 31 heavy (non-hydrogen) atoms. The van der Waals surface area contributed by atoms with E-state index in [0.717, 1.165) is 48.6 Å². The third kappa shape index (κ3) is 5.79.